The molecule has 13 rings (SSSR count). The van der Waals surface area contributed by atoms with E-state index in [0.717, 1.165) is 0 Å². The molecule has 0 saturated carbocycles. The van der Waals surface area contributed by atoms with Crippen LogP contribution in [0, 0.1) is 0 Å². The van der Waals surface area contributed by atoms with Crippen LogP contribution in [-0.2, 0) is 0 Å². The van der Waals surface area contributed by atoms with Crippen LogP contribution in [0.2, 0.25) is 0 Å². The van der Waals surface area contributed by atoms with E-state index < -0.39 is 0 Å². The molecule has 206 valence electrons. The normalized spacial score (nSPS) is 13.2. The molecule has 0 spiro atoms. The minimum absolute atomic E-state index is 1.31. The van der Waals surface area contributed by atoms with Crippen molar-refractivity contribution in [3.05, 3.63) is 133 Å². The molecule has 0 aromatic heterocycles. The van der Waals surface area contributed by atoms with Crippen LogP contribution in [-0.4, -0.2) is 0 Å². The summed E-state index contributed by atoms with van der Waals surface area (Å²) in [5.74, 6) is 0. The highest BCUT2D eigenvalue weighted by atomic mass is 14.3. The molecule has 0 radical (unpaired) electrons. The summed E-state index contributed by atoms with van der Waals surface area (Å²) in [6, 6.07) is 51.2. The maximum Gasteiger partial charge on any atom is -0.00139 e. The van der Waals surface area contributed by atoms with Gasteiger partial charge in [-0.3, -0.25) is 0 Å². The van der Waals surface area contributed by atoms with Gasteiger partial charge in [-0.2, -0.15) is 0 Å². The lowest BCUT2D eigenvalue weighted by molar-refractivity contribution is 1.70. The molecule has 1 aliphatic carbocycles. The molecule has 0 fully saturated rings. The van der Waals surface area contributed by atoms with Gasteiger partial charge >= 0.3 is 0 Å². The van der Waals surface area contributed by atoms with Gasteiger partial charge in [-0.15, -0.1) is 0 Å². The van der Waals surface area contributed by atoms with Crippen molar-refractivity contribution >= 4 is 108 Å². The van der Waals surface area contributed by atoms with Gasteiger partial charge in [0, 0.05) is 0 Å². The zero-order chi connectivity index (χ0) is 29.4. The molecule has 0 N–H and O–H groups in total. The Hall–Kier alpha value is -5.98. The summed E-state index contributed by atoms with van der Waals surface area (Å²) in [4.78, 5) is 0. The third-order valence-electron chi connectivity index (χ3n) is 11.6. The third kappa shape index (κ3) is 2.35. The largest absolute Gasteiger partial charge is 0.0616 e. The minimum atomic E-state index is 1.31. The van der Waals surface area contributed by atoms with E-state index in [1.165, 1.54) is 130 Å². The fourth-order valence-electron chi connectivity index (χ4n) is 9.77. The van der Waals surface area contributed by atoms with E-state index in [9.17, 15) is 0 Å². The quantitative estimate of drug-likeness (QED) is 0.125. The Morgan fingerprint density at radius 2 is 0.565 bits per heavy atom. The second-order valence-electron chi connectivity index (χ2n) is 13.5. The highest BCUT2D eigenvalue weighted by Gasteiger charge is 2.25. The van der Waals surface area contributed by atoms with E-state index in [0.29, 0.717) is 0 Å². The first kappa shape index (κ1) is 22.5. The van der Waals surface area contributed by atoms with Crippen LogP contribution in [0.3, 0.4) is 0 Å². The van der Waals surface area contributed by atoms with Gasteiger partial charge in [-0.25, -0.2) is 0 Å². The van der Waals surface area contributed by atoms with Crippen molar-refractivity contribution in [1.82, 2.24) is 0 Å². The lowest BCUT2D eigenvalue weighted by Crippen LogP contribution is -1.86. The second kappa shape index (κ2) is 7.28. The molecule has 0 aliphatic heterocycles. The van der Waals surface area contributed by atoms with Crippen LogP contribution >= 0.6 is 0 Å². The molecule has 0 atom stereocenters. The summed E-state index contributed by atoms with van der Waals surface area (Å²) in [6.45, 7) is 0. The lowest BCUT2D eigenvalue weighted by Gasteiger charge is -2.14. The van der Waals surface area contributed by atoms with E-state index in [4.69, 9.17) is 0 Å². The first-order chi connectivity index (χ1) is 22.8. The van der Waals surface area contributed by atoms with E-state index in [-0.39, 0.29) is 0 Å². The molecular weight excluding hydrogens is 553 g/mol. The number of rotatable bonds is 0. The molecule has 0 unspecified atom stereocenters. The van der Waals surface area contributed by atoms with Gasteiger partial charge in [0.15, 0.2) is 0 Å². The number of fused-ring (bicyclic) bond motifs is 12. The predicted octanol–water partition coefficient (Wildman–Crippen LogP) is 13.2. The average Bonchev–Trinajstić information content (AvgIpc) is 3.72. The molecule has 0 nitrogen and oxygen atoms in total. The molecule has 46 heavy (non-hydrogen) atoms. The SMILES string of the molecule is c1ccc2c(c1)-c1ccc3c4cc5cc6c(cc5cc4c4ccc-2c1c34)c1ccc2c3cccc4cccc(c5ccc6c1c52)c43. The van der Waals surface area contributed by atoms with E-state index >= 15 is 0 Å². The fourth-order valence-corrected chi connectivity index (χ4v) is 9.77. The average molecular weight is 575 g/mol. The van der Waals surface area contributed by atoms with E-state index in [1.54, 1.807) is 0 Å². The summed E-state index contributed by atoms with van der Waals surface area (Å²) >= 11 is 0. The Morgan fingerprint density at radius 3 is 1.02 bits per heavy atom. The van der Waals surface area contributed by atoms with Gasteiger partial charge in [0.1, 0.15) is 0 Å². The Balaban J connectivity index is 1.16. The first-order valence-electron chi connectivity index (χ1n) is 16.3. The summed E-state index contributed by atoms with van der Waals surface area (Å²) in [5.41, 5.74) is 5.46. The van der Waals surface area contributed by atoms with Gasteiger partial charge in [0.25, 0.3) is 0 Å². The lowest BCUT2D eigenvalue weighted by atomic mass is 9.89. The van der Waals surface area contributed by atoms with Crippen LogP contribution in [0.4, 0.5) is 0 Å². The van der Waals surface area contributed by atoms with Crippen LogP contribution in [0.5, 0.6) is 0 Å². The van der Waals surface area contributed by atoms with Crippen molar-refractivity contribution in [2.45, 2.75) is 0 Å². The molecule has 0 heteroatoms. The van der Waals surface area contributed by atoms with Crippen molar-refractivity contribution < 1.29 is 0 Å². The Morgan fingerprint density at radius 1 is 0.196 bits per heavy atom. The molecule has 0 bridgehead atoms. The number of benzene rings is 10. The highest BCUT2D eigenvalue weighted by molar-refractivity contribution is 6.43. The molecular formula is C46H22. The van der Waals surface area contributed by atoms with Gasteiger partial charge in [-0.05, 0) is 154 Å². The van der Waals surface area contributed by atoms with Crippen molar-refractivity contribution in [2.75, 3.05) is 0 Å². The number of hydrogen-bond acceptors (Lipinski definition) is 0. The van der Waals surface area contributed by atoms with Crippen LogP contribution < -0.4 is 0 Å². The van der Waals surface area contributed by atoms with Gasteiger partial charge in [0.05, 0.1) is 0 Å². The molecule has 12 aromatic carbocycles. The standard InChI is InChI=1S/C46H22/c1-2-8-27-26(7-1)30-11-15-34-38-19-24-21-40-36-17-13-32-28-9-3-5-23-6-4-10-29(42(23)28)33-14-18-37(46(36)44(32)33)41(40)22-25(24)20-39(38)35-16-12-31(27)43(30)45(34)35/h1-22H. The highest BCUT2D eigenvalue weighted by Crippen LogP contribution is 2.53. The summed E-state index contributed by atoms with van der Waals surface area (Å²) in [5, 5.41) is 27.3. The van der Waals surface area contributed by atoms with Crippen molar-refractivity contribution in [3.63, 3.8) is 0 Å². The summed E-state index contributed by atoms with van der Waals surface area (Å²) in [7, 11) is 0. The first-order valence-corrected chi connectivity index (χ1v) is 16.3. The van der Waals surface area contributed by atoms with Crippen LogP contribution in [0.25, 0.3) is 130 Å². The Kier molecular flexibility index (Phi) is 3.56. The molecule has 0 saturated heterocycles. The van der Waals surface area contributed by atoms with Crippen molar-refractivity contribution in [1.29, 1.82) is 0 Å². The minimum Gasteiger partial charge on any atom is -0.0616 e. The molecule has 12 aromatic rings. The third-order valence-corrected chi connectivity index (χ3v) is 11.6. The van der Waals surface area contributed by atoms with Gasteiger partial charge in [0.2, 0.25) is 0 Å². The van der Waals surface area contributed by atoms with Crippen LogP contribution in [0.1, 0.15) is 0 Å². The molecule has 0 amide bonds. The van der Waals surface area contributed by atoms with E-state index in [2.05, 4.69) is 133 Å². The summed E-state index contributed by atoms with van der Waals surface area (Å²) in [6.07, 6.45) is 0. The Bertz CT molecular complexity index is 3130. The number of hydrogen-bond donors (Lipinski definition) is 0. The van der Waals surface area contributed by atoms with Crippen LogP contribution in [0.15, 0.2) is 133 Å². The smallest absolute Gasteiger partial charge is 0.00139 e. The van der Waals surface area contributed by atoms with Crippen molar-refractivity contribution in [3.8, 4) is 22.3 Å². The van der Waals surface area contributed by atoms with Crippen molar-refractivity contribution in [2.24, 2.45) is 0 Å². The molecule has 0 heterocycles. The maximum absolute atomic E-state index is 2.47. The fraction of sp³-hybridized carbons (Fsp3) is 0. The Labute approximate surface area is 262 Å². The monoisotopic (exact) mass is 574 g/mol. The predicted molar refractivity (Wildman–Crippen MR) is 199 cm³/mol. The topological polar surface area (TPSA) is 0 Å². The molecule has 1 aliphatic rings. The van der Waals surface area contributed by atoms with E-state index in [1.807, 2.05) is 0 Å². The van der Waals surface area contributed by atoms with Gasteiger partial charge < -0.3 is 0 Å². The zero-order valence-corrected chi connectivity index (χ0v) is 24.7. The summed E-state index contributed by atoms with van der Waals surface area (Å²) < 4.78 is 0. The second-order valence-corrected chi connectivity index (χ2v) is 13.5. The maximum atomic E-state index is 2.47. The zero-order valence-electron chi connectivity index (χ0n) is 24.7. The van der Waals surface area contributed by atoms with Gasteiger partial charge in [-0.1, -0.05) is 109 Å².